The van der Waals surface area contributed by atoms with Crippen molar-refractivity contribution in [3.8, 4) is 0 Å². The lowest BCUT2D eigenvalue weighted by Crippen LogP contribution is -2.42. The van der Waals surface area contributed by atoms with Gasteiger partial charge < -0.3 is 15.1 Å². The minimum atomic E-state index is -0.351. The highest BCUT2D eigenvalue weighted by Crippen LogP contribution is 2.17. The third kappa shape index (κ3) is 3.09. The average Bonchev–Trinajstić information content (AvgIpc) is 2.49. The summed E-state index contributed by atoms with van der Waals surface area (Å²) in [5, 5.41) is 6.97. The van der Waals surface area contributed by atoms with Gasteiger partial charge in [0.25, 0.3) is 5.91 Å². The van der Waals surface area contributed by atoms with Gasteiger partial charge >= 0.3 is 0 Å². The zero-order valence-electron chi connectivity index (χ0n) is 11.3. The molecule has 2 heterocycles. The summed E-state index contributed by atoms with van der Waals surface area (Å²) in [5.41, 5.74) is 0.0940. The van der Waals surface area contributed by atoms with Crippen LogP contribution >= 0.6 is 11.6 Å². The van der Waals surface area contributed by atoms with Crippen LogP contribution in [0.1, 0.15) is 23.4 Å². The van der Waals surface area contributed by atoms with Gasteiger partial charge in [-0.1, -0.05) is 11.6 Å². The third-order valence-corrected chi connectivity index (χ3v) is 3.82. The molecule has 1 aromatic heterocycles. The number of amides is 1. The zero-order valence-corrected chi connectivity index (χ0v) is 12.1. The van der Waals surface area contributed by atoms with Crippen molar-refractivity contribution in [1.29, 1.82) is 0 Å². The van der Waals surface area contributed by atoms with E-state index in [2.05, 4.69) is 10.6 Å². The summed E-state index contributed by atoms with van der Waals surface area (Å²) in [6, 6.07) is 6.10. The number of hydrogen-bond acceptors (Lipinski definition) is 4. The molecule has 0 atom stereocenters. The molecule has 0 radical (unpaired) electrons. The first-order chi connectivity index (χ1) is 10.1. The molecule has 0 spiro atoms. The zero-order chi connectivity index (χ0) is 14.8. The van der Waals surface area contributed by atoms with E-state index in [1.54, 1.807) is 12.1 Å². The molecule has 6 heteroatoms. The van der Waals surface area contributed by atoms with Crippen LogP contribution in [-0.2, 0) is 0 Å². The molecule has 1 fully saturated rings. The molecule has 0 bridgehead atoms. The van der Waals surface area contributed by atoms with Crippen molar-refractivity contribution in [2.75, 3.05) is 13.1 Å². The molecule has 5 nitrogen and oxygen atoms in total. The van der Waals surface area contributed by atoms with Gasteiger partial charge in [0.1, 0.15) is 5.58 Å². The minimum Gasteiger partial charge on any atom is -0.451 e. The Hall–Kier alpha value is -1.85. The summed E-state index contributed by atoms with van der Waals surface area (Å²) >= 11 is 5.86. The van der Waals surface area contributed by atoms with Crippen LogP contribution in [0.15, 0.2) is 33.5 Å². The van der Waals surface area contributed by atoms with Crippen LogP contribution in [0.3, 0.4) is 0 Å². The second-order valence-corrected chi connectivity index (χ2v) is 5.55. The Labute approximate surface area is 126 Å². The number of piperidine rings is 1. The maximum atomic E-state index is 12.2. The second kappa shape index (κ2) is 5.87. The number of carbonyl (C=O) groups excluding carboxylic acids is 1. The molecule has 110 valence electrons. The van der Waals surface area contributed by atoms with E-state index in [0.717, 1.165) is 25.9 Å². The fourth-order valence-corrected chi connectivity index (χ4v) is 2.64. The Morgan fingerprint density at radius 2 is 2.05 bits per heavy atom. The van der Waals surface area contributed by atoms with Crippen LogP contribution in [0.2, 0.25) is 5.02 Å². The largest absolute Gasteiger partial charge is 0.451 e. The summed E-state index contributed by atoms with van der Waals surface area (Å²) < 4.78 is 5.51. The van der Waals surface area contributed by atoms with Gasteiger partial charge in [-0.05, 0) is 44.1 Å². The van der Waals surface area contributed by atoms with E-state index < -0.39 is 0 Å². The molecule has 0 saturated carbocycles. The molecule has 1 aliphatic rings. The van der Waals surface area contributed by atoms with E-state index in [4.69, 9.17) is 16.0 Å². The Balaban J connectivity index is 1.88. The van der Waals surface area contributed by atoms with E-state index >= 15 is 0 Å². The maximum absolute atomic E-state index is 12.2. The summed E-state index contributed by atoms with van der Waals surface area (Å²) in [7, 11) is 0. The number of rotatable bonds is 2. The Kier molecular flexibility index (Phi) is 3.94. The smallest absolute Gasteiger partial charge is 0.287 e. The van der Waals surface area contributed by atoms with Gasteiger partial charge in [-0.25, -0.2) is 0 Å². The van der Waals surface area contributed by atoms with Crippen LogP contribution in [0.4, 0.5) is 0 Å². The van der Waals surface area contributed by atoms with Crippen LogP contribution in [0.25, 0.3) is 11.0 Å². The maximum Gasteiger partial charge on any atom is 0.287 e. The standard InChI is InChI=1S/C15H15ClN2O3/c16-9-1-2-13-11(7-9)12(19)8-14(21-13)15(20)18-10-3-5-17-6-4-10/h1-2,7-8,10,17H,3-6H2,(H,18,20). The molecule has 2 aromatic rings. The van der Waals surface area contributed by atoms with Crippen molar-refractivity contribution in [2.45, 2.75) is 18.9 Å². The lowest BCUT2D eigenvalue weighted by atomic mass is 10.1. The molecule has 0 unspecified atom stereocenters. The predicted octanol–water partition coefficient (Wildman–Crippen LogP) is 1.93. The predicted molar refractivity (Wildman–Crippen MR) is 80.9 cm³/mol. The first-order valence-electron chi connectivity index (χ1n) is 6.88. The topological polar surface area (TPSA) is 71.3 Å². The van der Waals surface area contributed by atoms with Crippen molar-refractivity contribution in [3.05, 3.63) is 45.3 Å². The minimum absolute atomic E-state index is 0.0355. The van der Waals surface area contributed by atoms with Gasteiger partial charge in [0.15, 0.2) is 11.2 Å². The Morgan fingerprint density at radius 3 is 2.81 bits per heavy atom. The summed E-state index contributed by atoms with van der Waals surface area (Å²) in [5.74, 6) is -0.316. The highest BCUT2D eigenvalue weighted by atomic mass is 35.5. The normalized spacial score (nSPS) is 16.0. The number of carbonyl (C=O) groups is 1. The Morgan fingerprint density at radius 1 is 1.29 bits per heavy atom. The van der Waals surface area contributed by atoms with E-state index in [0.29, 0.717) is 16.0 Å². The van der Waals surface area contributed by atoms with Gasteiger partial charge in [-0.15, -0.1) is 0 Å². The van der Waals surface area contributed by atoms with Crippen molar-refractivity contribution >= 4 is 28.5 Å². The second-order valence-electron chi connectivity index (χ2n) is 5.11. The van der Waals surface area contributed by atoms with Crippen LogP contribution in [-0.4, -0.2) is 25.0 Å². The fourth-order valence-electron chi connectivity index (χ4n) is 2.46. The molecule has 1 aliphatic heterocycles. The molecular formula is C15H15ClN2O3. The van der Waals surface area contributed by atoms with Crippen LogP contribution in [0.5, 0.6) is 0 Å². The molecule has 3 rings (SSSR count). The summed E-state index contributed by atoms with van der Waals surface area (Å²) in [4.78, 5) is 24.2. The molecule has 2 N–H and O–H groups in total. The molecule has 21 heavy (non-hydrogen) atoms. The number of halogens is 1. The van der Waals surface area contributed by atoms with Crippen molar-refractivity contribution in [3.63, 3.8) is 0 Å². The molecular weight excluding hydrogens is 292 g/mol. The number of hydrogen-bond donors (Lipinski definition) is 2. The van der Waals surface area contributed by atoms with Crippen LogP contribution < -0.4 is 16.1 Å². The van der Waals surface area contributed by atoms with Gasteiger partial charge in [0, 0.05) is 17.1 Å². The molecule has 0 aliphatic carbocycles. The van der Waals surface area contributed by atoms with E-state index in [9.17, 15) is 9.59 Å². The quantitative estimate of drug-likeness (QED) is 0.889. The number of benzene rings is 1. The summed E-state index contributed by atoms with van der Waals surface area (Å²) in [6.07, 6.45) is 1.75. The monoisotopic (exact) mass is 306 g/mol. The SMILES string of the molecule is O=C(NC1CCNCC1)c1cc(=O)c2cc(Cl)ccc2o1. The van der Waals surface area contributed by atoms with Crippen molar-refractivity contribution in [1.82, 2.24) is 10.6 Å². The highest BCUT2D eigenvalue weighted by Gasteiger charge is 2.18. The van der Waals surface area contributed by atoms with Crippen LogP contribution in [0, 0.1) is 0 Å². The van der Waals surface area contributed by atoms with E-state index in [1.807, 2.05) is 0 Å². The molecule has 1 aromatic carbocycles. The lowest BCUT2D eigenvalue weighted by molar-refractivity contribution is 0.0902. The number of nitrogens with one attached hydrogen (secondary N) is 2. The molecule has 1 amide bonds. The fraction of sp³-hybridized carbons (Fsp3) is 0.333. The number of fused-ring (bicyclic) bond motifs is 1. The highest BCUT2D eigenvalue weighted by molar-refractivity contribution is 6.31. The van der Waals surface area contributed by atoms with Gasteiger partial charge in [0.2, 0.25) is 0 Å². The molecule has 1 saturated heterocycles. The third-order valence-electron chi connectivity index (χ3n) is 3.59. The Bertz CT molecular complexity index is 735. The van der Waals surface area contributed by atoms with E-state index in [-0.39, 0.29) is 23.1 Å². The lowest BCUT2D eigenvalue weighted by Gasteiger charge is -2.23. The van der Waals surface area contributed by atoms with Gasteiger partial charge in [-0.3, -0.25) is 9.59 Å². The van der Waals surface area contributed by atoms with Crippen molar-refractivity contribution < 1.29 is 9.21 Å². The van der Waals surface area contributed by atoms with Gasteiger partial charge in [0.05, 0.1) is 5.39 Å². The average molecular weight is 307 g/mol. The van der Waals surface area contributed by atoms with Gasteiger partial charge in [-0.2, -0.15) is 0 Å². The first-order valence-corrected chi connectivity index (χ1v) is 7.26. The van der Waals surface area contributed by atoms with Crippen molar-refractivity contribution in [2.24, 2.45) is 0 Å². The first kappa shape index (κ1) is 14.1. The summed E-state index contributed by atoms with van der Waals surface area (Å²) in [6.45, 7) is 1.76. The van der Waals surface area contributed by atoms with E-state index in [1.165, 1.54) is 12.1 Å².